The van der Waals surface area contributed by atoms with E-state index in [1.54, 1.807) is 17.1 Å². The highest BCUT2D eigenvalue weighted by atomic mass is 16.1. The van der Waals surface area contributed by atoms with Gasteiger partial charge >= 0.3 is 0 Å². The number of H-pyrrole nitrogens is 1. The summed E-state index contributed by atoms with van der Waals surface area (Å²) in [5, 5.41) is 11.3. The fraction of sp³-hybridized carbons (Fsp3) is 0.316. The molecule has 0 saturated heterocycles. The first-order valence-electron chi connectivity index (χ1n) is 8.95. The molecule has 1 unspecified atom stereocenters. The molecule has 0 fully saturated rings. The zero-order chi connectivity index (χ0) is 17.9. The average Bonchev–Trinajstić information content (AvgIpc) is 3.03. The van der Waals surface area contributed by atoms with Crippen molar-refractivity contribution in [3.63, 3.8) is 0 Å². The Morgan fingerprint density at radius 3 is 2.92 bits per heavy atom. The highest BCUT2D eigenvalue weighted by Crippen LogP contribution is 2.23. The van der Waals surface area contributed by atoms with Crippen molar-refractivity contribution in [3.8, 4) is 0 Å². The smallest absolute Gasteiger partial charge is 0.276 e. The van der Waals surface area contributed by atoms with Crippen molar-refractivity contribution in [2.75, 3.05) is 25.0 Å². The first-order chi connectivity index (χ1) is 12.8. The molecule has 7 heteroatoms. The molecule has 1 aliphatic rings. The van der Waals surface area contributed by atoms with Crippen molar-refractivity contribution in [1.29, 1.82) is 0 Å². The van der Waals surface area contributed by atoms with E-state index in [1.165, 1.54) is 0 Å². The van der Waals surface area contributed by atoms with Crippen molar-refractivity contribution < 1.29 is 0 Å². The monoisotopic (exact) mass is 350 g/mol. The molecule has 7 nitrogen and oxygen atoms in total. The summed E-state index contributed by atoms with van der Waals surface area (Å²) in [5.41, 5.74) is 1.55. The van der Waals surface area contributed by atoms with E-state index >= 15 is 0 Å². The molecule has 0 bridgehead atoms. The van der Waals surface area contributed by atoms with Gasteiger partial charge in [0.2, 0.25) is 0 Å². The van der Waals surface area contributed by atoms with E-state index in [0.29, 0.717) is 5.39 Å². The molecular formula is C19H22N6O. The molecule has 26 heavy (non-hydrogen) atoms. The maximum absolute atomic E-state index is 12.7. The Balaban J connectivity index is 1.69. The van der Waals surface area contributed by atoms with Gasteiger partial charge in [-0.1, -0.05) is 31.2 Å². The number of nitrogens with zero attached hydrogens (tertiary/aromatic N) is 3. The van der Waals surface area contributed by atoms with E-state index in [9.17, 15) is 4.79 Å². The second kappa shape index (κ2) is 7.13. The Morgan fingerprint density at radius 1 is 1.23 bits per heavy atom. The standard InChI is InChI=1S/C19H22N6O/c1-2-20-8-9-21-17-10-16-14(11-23-17)18-15(12-22-16)19(26)25(24-18)13-6-4-3-5-7-13/h3-6,10-13,20,24H,2,7-9H2,1H3,(H,21,23). The van der Waals surface area contributed by atoms with E-state index < -0.39 is 0 Å². The molecule has 3 N–H and O–H groups in total. The number of aromatic nitrogens is 4. The van der Waals surface area contributed by atoms with Gasteiger partial charge in [0.15, 0.2) is 0 Å². The number of anilines is 1. The zero-order valence-corrected chi connectivity index (χ0v) is 14.7. The number of nitrogens with one attached hydrogen (secondary N) is 3. The molecule has 3 heterocycles. The Bertz CT molecular complexity index is 1050. The van der Waals surface area contributed by atoms with Crippen LogP contribution in [0, 0.1) is 0 Å². The van der Waals surface area contributed by atoms with Crippen molar-refractivity contribution in [3.05, 3.63) is 53.1 Å². The lowest BCUT2D eigenvalue weighted by Crippen LogP contribution is -2.21. The van der Waals surface area contributed by atoms with Gasteiger partial charge in [0.25, 0.3) is 5.56 Å². The zero-order valence-electron chi connectivity index (χ0n) is 14.7. The predicted molar refractivity (Wildman–Crippen MR) is 105 cm³/mol. The van der Waals surface area contributed by atoms with Crippen LogP contribution in [0.25, 0.3) is 21.8 Å². The van der Waals surface area contributed by atoms with Gasteiger partial charge in [-0.15, -0.1) is 0 Å². The summed E-state index contributed by atoms with van der Waals surface area (Å²) >= 11 is 0. The van der Waals surface area contributed by atoms with Gasteiger partial charge in [0.05, 0.1) is 22.5 Å². The third-order valence-corrected chi connectivity index (χ3v) is 4.58. The number of allylic oxidation sites excluding steroid dienone is 4. The minimum absolute atomic E-state index is 0.00918. The van der Waals surface area contributed by atoms with Gasteiger partial charge in [-0.3, -0.25) is 14.9 Å². The summed E-state index contributed by atoms with van der Waals surface area (Å²) in [6, 6.07) is 1.93. The summed E-state index contributed by atoms with van der Waals surface area (Å²) in [6.07, 6.45) is 12.3. The molecule has 0 saturated carbocycles. The number of likely N-dealkylation sites (N-methyl/N-ethyl adjacent to an activating group) is 1. The molecule has 0 amide bonds. The molecular weight excluding hydrogens is 328 g/mol. The molecule has 0 aromatic carbocycles. The van der Waals surface area contributed by atoms with E-state index in [-0.39, 0.29) is 11.6 Å². The number of aromatic amines is 1. The first-order valence-corrected chi connectivity index (χ1v) is 8.95. The third-order valence-electron chi connectivity index (χ3n) is 4.58. The van der Waals surface area contributed by atoms with Crippen LogP contribution in [-0.4, -0.2) is 39.4 Å². The maximum atomic E-state index is 12.7. The van der Waals surface area contributed by atoms with Gasteiger partial charge in [0, 0.05) is 36.9 Å². The molecule has 3 aromatic heterocycles. The summed E-state index contributed by atoms with van der Waals surface area (Å²) in [4.78, 5) is 21.7. The van der Waals surface area contributed by atoms with Crippen LogP contribution in [0.1, 0.15) is 19.4 Å². The number of pyridine rings is 2. The lowest BCUT2D eigenvalue weighted by Gasteiger charge is -2.13. The van der Waals surface area contributed by atoms with Crippen molar-refractivity contribution >= 4 is 27.6 Å². The van der Waals surface area contributed by atoms with Gasteiger partial charge < -0.3 is 10.6 Å². The highest BCUT2D eigenvalue weighted by molar-refractivity contribution is 6.02. The van der Waals surface area contributed by atoms with Crippen LogP contribution in [0.3, 0.4) is 0 Å². The number of fused-ring (bicyclic) bond motifs is 3. The fourth-order valence-corrected chi connectivity index (χ4v) is 3.22. The van der Waals surface area contributed by atoms with Gasteiger partial charge in [-0.2, -0.15) is 0 Å². The molecule has 3 aromatic rings. The normalized spacial score (nSPS) is 16.6. The second-order valence-electron chi connectivity index (χ2n) is 6.32. The summed E-state index contributed by atoms with van der Waals surface area (Å²) < 4.78 is 1.67. The number of rotatable bonds is 6. The predicted octanol–water partition coefficient (Wildman–Crippen LogP) is 2.35. The SMILES string of the molecule is CCNCCNc1cc2ncc3c(=O)n(C4C=CC=CC4)[nH]c3c2cn1. The van der Waals surface area contributed by atoms with Crippen LogP contribution in [0.2, 0.25) is 0 Å². The highest BCUT2D eigenvalue weighted by Gasteiger charge is 2.16. The minimum Gasteiger partial charge on any atom is -0.369 e. The molecule has 0 spiro atoms. The van der Waals surface area contributed by atoms with Gasteiger partial charge in [-0.05, 0) is 13.0 Å². The van der Waals surface area contributed by atoms with E-state index in [4.69, 9.17) is 0 Å². The molecule has 1 atom stereocenters. The van der Waals surface area contributed by atoms with Crippen LogP contribution in [0.5, 0.6) is 0 Å². The summed E-state index contributed by atoms with van der Waals surface area (Å²) in [6.45, 7) is 4.70. The quantitative estimate of drug-likeness (QED) is 0.594. The number of hydrogen-bond acceptors (Lipinski definition) is 5. The van der Waals surface area contributed by atoms with Crippen LogP contribution in [0.15, 0.2) is 47.6 Å². The first kappa shape index (κ1) is 16.5. The van der Waals surface area contributed by atoms with Crippen LogP contribution in [0.4, 0.5) is 5.82 Å². The largest absolute Gasteiger partial charge is 0.369 e. The lowest BCUT2D eigenvalue weighted by atomic mass is 10.1. The Labute approximate surface area is 150 Å². The van der Waals surface area contributed by atoms with Crippen LogP contribution in [-0.2, 0) is 0 Å². The number of hydrogen-bond donors (Lipinski definition) is 3. The molecule has 0 radical (unpaired) electrons. The van der Waals surface area contributed by atoms with Crippen molar-refractivity contribution in [2.24, 2.45) is 0 Å². The van der Waals surface area contributed by atoms with E-state index in [2.05, 4.69) is 38.7 Å². The average molecular weight is 350 g/mol. The Morgan fingerprint density at radius 2 is 2.12 bits per heavy atom. The molecule has 1 aliphatic carbocycles. The van der Waals surface area contributed by atoms with Gasteiger partial charge in [-0.25, -0.2) is 9.67 Å². The van der Waals surface area contributed by atoms with Crippen molar-refractivity contribution in [1.82, 2.24) is 25.1 Å². The maximum Gasteiger partial charge on any atom is 0.276 e. The fourth-order valence-electron chi connectivity index (χ4n) is 3.22. The van der Waals surface area contributed by atoms with Gasteiger partial charge in [0.1, 0.15) is 5.82 Å². The Kier molecular flexibility index (Phi) is 4.53. The minimum atomic E-state index is -0.0489. The topological polar surface area (TPSA) is 87.6 Å². The van der Waals surface area contributed by atoms with Crippen molar-refractivity contribution in [2.45, 2.75) is 19.4 Å². The lowest BCUT2D eigenvalue weighted by molar-refractivity contribution is 0.531. The molecule has 134 valence electrons. The van der Waals surface area contributed by atoms with E-state index in [1.807, 2.05) is 24.3 Å². The Hall–Kier alpha value is -2.93. The molecule has 0 aliphatic heterocycles. The third kappa shape index (κ3) is 3.01. The molecule has 4 rings (SSSR count). The van der Waals surface area contributed by atoms with Crippen LogP contribution >= 0.6 is 0 Å². The second-order valence-corrected chi connectivity index (χ2v) is 6.32. The van der Waals surface area contributed by atoms with Crippen LogP contribution < -0.4 is 16.2 Å². The summed E-state index contributed by atoms with van der Waals surface area (Å²) in [7, 11) is 0. The summed E-state index contributed by atoms with van der Waals surface area (Å²) in [5.74, 6) is 0.782. The van der Waals surface area contributed by atoms with E-state index in [0.717, 1.165) is 48.3 Å².